The van der Waals surface area contributed by atoms with E-state index in [0.29, 0.717) is 0 Å². The van der Waals surface area contributed by atoms with E-state index in [4.69, 9.17) is 9.97 Å². The average molecular weight is 520 g/mol. The van der Waals surface area contributed by atoms with Crippen LogP contribution in [0.4, 0.5) is 16.4 Å². The molecule has 0 radical (unpaired) electrons. The van der Waals surface area contributed by atoms with Crippen molar-refractivity contribution in [1.29, 1.82) is 0 Å². The van der Waals surface area contributed by atoms with Crippen molar-refractivity contribution >= 4 is 28.8 Å². The summed E-state index contributed by atoms with van der Waals surface area (Å²) in [6, 6.07) is 4.47. The monoisotopic (exact) mass is 519 g/mol. The van der Waals surface area contributed by atoms with E-state index in [-0.39, 0.29) is 12.1 Å². The summed E-state index contributed by atoms with van der Waals surface area (Å²) in [5.41, 5.74) is 4.55. The third kappa shape index (κ3) is 5.42. The minimum absolute atomic E-state index is 0.0378. The normalized spacial score (nSPS) is 20.2. The first-order valence-corrected chi connectivity index (χ1v) is 14.1. The van der Waals surface area contributed by atoms with E-state index < -0.39 is 11.6 Å². The Hall–Kier alpha value is -3.36. The van der Waals surface area contributed by atoms with Gasteiger partial charge in [-0.3, -0.25) is 0 Å². The van der Waals surface area contributed by atoms with Gasteiger partial charge in [-0.05, 0) is 77.8 Å². The third-order valence-corrected chi connectivity index (χ3v) is 7.88. The fourth-order valence-corrected chi connectivity index (χ4v) is 6.12. The van der Waals surface area contributed by atoms with Crippen molar-refractivity contribution in [2.24, 2.45) is 0 Å². The van der Waals surface area contributed by atoms with E-state index in [9.17, 15) is 9.90 Å². The number of aromatic nitrogens is 4. The molecule has 1 saturated heterocycles. The van der Waals surface area contributed by atoms with Crippen molar-refractivity contribution in [3.8, 4) is 11.3 Å². The fraction of sp³-hybridized carbons (Fsp3) is 0.586. The standard InChI is InChI=1S/C29H41N7O2/c1-5-8-20-17-22-25(32-19-9-11-21(12-10-19)36(28(37)38)29(2,3)4)23(18-31-26(22)33-20)24-13-14-30-27(34-24)35-15-6-7-16-35/h13-14,17-19,21H,5-12,15-16H2,1-4H3,(H,37,38)(H2,31,32,33). The number of anilines is 2. The first kappa shape index (κ1) is 26.3. The predicted molar refractivity (Wildman–Crippen MR) is 152 cm³/mol. The topological polar surface area (TPSA) is 110 Å². The molecule has 0 bridgehead atoms. The van der Waals surface area contributed by atoms with Crippen LogP contribution in [0.15, 0.2) is 24.5 Å². The second kappa shape index (κ2) is 10.8. The fourth-order valence-electron chi connectivity index (χ4n) is 6.12. The molecule has 0 atom stereocenters. The molecular weight excluding hydrogens is 478 g/mol. The Morgan fingerprint density at radius 3 is 2.58 bits per heavy atom. The molecular formula is C29H41N7O2. The van der Waals surface area contributed by atoms with Crippen LogP contribution >= 0.6 is 0 Å². The molecule has 9 nitrogen and oxygen atoms in total. The van der Waals surface area contributed by atoms with E-state index in [0.717, 1.165) is 85.5 Å². The SMILES string of the molecule is CCCc1cc2c(NC3CCC(N(C(=O)O)C(C)(C)C)CC3)c(-c3ccnc(N4CCCC4)n3)cnc2[nH]1. The van der Waals surface area contributed by atoms with Crippen LogP contribution in [0.2, 0.25) is 0 Å². The minimum atomic E-state index is -0.833. The number of H-pyrrole nitrogens is 1. The lowest BCUT2D eigenvalue weighted by atomic mass is 9.87. The smallest absolute Gasteiger partial charge is 0.407 e. The lowest BCUT2D eigenvalue weighted by molar-refractivity contribution is 0.0557. The predicted octanol–water partition coefficient (Wildman–Crippen LogP) is 6.07. The Balaban J connectivity index is 1.45. The summed E-state index contributed by atoms with van der Waals surface area (Å²) in [6.07, 6.45) is 10.8. The van der Waals surface area contributed by atoms with Crippen molar-refractivity contribution in [2.75, 3.05) is 23.3 Å². The van der Waals surface area contributed by atoms with Crippen LogP contribution in [-0.2, 0) is 6.42 Å². The zero-order valence-electron chi connectivity index (χ0n) is 23.1. The number of carbonyl (C=O) groups is 1. The molecule has 38 heavy (non-hydrogen) atoms. The summed E-state index contributed by atoms with van der Waals surface area (Å²) >= 11 is 0. The van der Waals surface area contributed by atoms with Crippen LogP contribution in [0.25, 0.3) is 22.3 Å². The Morgan fingerprint density at radius 2 is 1.92 bits per heavy atom. The van der Waals surface area contributed by atoms with Crippen molar-refractivity contribution in [3.05, 3.63) is 30.2 Å². The largest absolute Gasteiger partial charge is 0.465 e. The number of aromatic amines is 1. The number of rotatable bonds is 7. The molecule has 204 valence electrons. The molecule has 0 aromatic carbocycles. The van der Waals surface area contributed by atoms with Gasteiger partial charge in [-0.15, -0.1) is 0 Å². The number of nitrogens with zero attached hydrogens (tertiary/aromatic N) is 5. The summed E-state index contributed by atoms with van der Waals surface area (Å²) in [5, 5.41) is 14.8. The lowest BCUT2D eigenvalue weighted by Gasteiger charge is -2.43. The van der Waals surface area contributed by atoms with Gasteiger partial charge < -0.3 is 25.2 Å². The van der Waals surface area contributed by atoms with Crippen molar-refractivity contribution in [2.45, 2.75) is 96.7 Å². The second-order valence-electron chi connectivity index (χ2n) is 11.8. The van der Waals surface area contributed by atoms with Crippen LogP contribution in [0.1, 0.15) is 78.3 Å². The van der Waals surface area contributed by atoms with E-state index >= 15 is 0 Å². The summed E-state index contributed by atoms with van der Waals surface area (Å²) in [5.74, 6) is 0.781. The number of amides is 1. The Bertz CT molecular complexity index is 1270. The average Bonchev–Trinajstić information content (AvgIpc) is 3.55. The maximum absolute atomic E-state index is 12.0. The molecule has 5 rings (SSSR count). The molecule has 1 aliphatic heterocycles. The number of aryl methyl sites for hydroxylation is 1. The summed E-state index contributed by atoms with van der Waals surface area (Å²) in [6.45, 7) is 10.1. The highest BCUT2D eigenvalue weighted by Gasteiger charge is 2.36. The first-order valence-electron chi connectivity index (χ1n) is 14.1. The molecule has 2 fully saturated rings. The van der Waals surface area contributed by atoms with Crippen LogP contribution < -0.4 is 10.2 Å². The van der Waals surface area contributed by atoms with Crippen LogP contribution in [0, 0.1) is 0 Å². The third-order valence-electron chi connectivity index (χ3n) is 7.88. The zero-order valence-corrected chi connectivity index (χ0v) is 23.1. The first-order chi connectivity index (χ1) is 18.2. The number of carboxylic acid groups (broad SMARTS) is 1. The summed E-state index contributed by atoms with van der Waals surface area (Å²) in [4.78, 5) is 33.7. The highest BCUT2D eigenvalue weighted by atomic mass is 16.4. The number of pyridine rings is 1. The van der Waals surface area contributed by atoms with Gasteiger partial charge in [-0.25, -0.2) is 19.7 Å². The van der Waals surface area contributed by atoms with E-state index in [1.807, 2.05) is 39.2 Å². The molecule has 3 aromatic heterocycles. The summed E-state index contributed by atoms with van der Waals surface area (Å²) in [7, 11) is 0. The van der Waals surface area contributed by atoms with Gasteiger partial charge in [-0.1, -0.05) is 13.3 Å². The molecule has 4 heterocycles. The number of hydrogen-bond donors (Lipinski definition) is 3. The maximum Gasteiger partial charge on any atom is 0.407 e. The number of nitrogens with one attached hydrogen (secondary N) is 2. The molecule has 2 aliphatic rings. The quantitative estimate of drug-likeness (QED) is 0.347. The number of hydrogen-bond acceptors (Lipinski definition) is 6. The molecule has 0 unspecified atom stereocenters. The van der Waals surface area contributed by atoms with Gasteiger partial charge in [0.2, 0.25) is 5.95 Å². The Labute approximate surface area is 225 Å². The second-order valence-corrected chi connectivity index (χ2v) is 11.8. The molecule has 1 saturated carbocycles. The highest BCUT2D eigenvalue weighted by molar-refractivity contribution is 5.98. The van der Waals surface area contributed by atoms with Crippen molar-refractivity contribution < 1.29 is 9.90 Å². The lowest BCUT2D eigenvalue weighted by Crippen LogP contribution is -2.52. The van der Waals surface area contributed by atoms with E-state index in [2.05, 4.69) is 33.2 Å². The van der Waals surface area contributed by atoms with Gasteiger partial charge in [-0.2, -0.15) is 0 Å². The molecule has 3 aromatic rings. The van der Waals surface area contributed by atoms with Crippen LogP contribution in [0.5, 0.6) is 0 Å². The van der Waals surface area contributed by atoms with Gasteiger partial charge >= 0.3 is 6.09 Å². The van der Waals surface area contributed by atoms with Crippen molar-refractivity contribution in [3.63, 3.8) is 0 Å². The van der Waals surface area contributed by atoms with Crippen LogP contribution in [-0.4, -0.2) is 66.7 Å². The van der Waals surface area contributed by atoms with Crippen LogP contribution in [0.3, 0.4) is 0 Å². The highest BCUT2D eigenvalue weighted by Crippen LogP contribution is 2.37. The number of fused-ring (bicyclic) bond motifs is 1. The molecule has 1 amide bonds. The van der Waals surface area contributed by atoms with E-state index in [1.165, 1.54) is 18.5 Å². The zero-order chi connectivity index (χ0) is 26.9. The van der Waals surface area contributed by atoms with E-state index in [1.54, 1.807) is 4.90 Å². The Morgan fingerprint density at radius 1 is 1.18 bits per heavy atom. The molecule has 1 aliphatic carbocycles. The minimum Gasteiger partial charge on any atom is -0.465 e. The van der Waals surface area contributed by atoms with Gasteiger partial charge in [0, 0.05) is 59.7 Å². The summed E-state index contributed by atoms with van der Waals surface area (Å²) < 4.78 is 0. The maximum atomic E-state index is 12.0. The van der Waals surface area contributed by atoms with Gasteiger partial charge in [0.05, 0.1) is 11.4 Å². The Kier molecular flexibility index (Phi) is 7.45. The van der Waals surface area contributed by atoms with Gasteiger partial charge in [0.1, 0.15) is 5.65 Å². The van der Waals surface area contributed by atoms with Crippen molar-refractivity contribution in [1.82, 2.24) is 24.8 Å². The molecule has 9 heteroatoms. The molecule has 3 N–H and O–H groups in total. The van der Waals surface area contributed by atoms with Gasteiger partial charge in [0.15, 0.2) is 0 Å². The molecule has 0 spiro atoms. The van der Waals surface area contributed by atoms with Gasteiger partial charge in [0.25, 0.3) is 0 Å².